The Morgan fingerprint density at radius 1 is 1.55 bits per heavy atom. The average molecular weight is 305 g/mol. The van der Waals surface area contributed by atoms with Gasteiger partial charge in [0.2, 0.25) is 0 Å². The first-order valence-corrected chi connectivity index (χ1v) is 6.97. The van der Waals surface area contributed by atoms with Crippen molar-refractivity contribution in [3.63, 3.8) is 0 Å². The lowest BCUT2D eigenvalue weighted by molar-refractivity contribution is -0.165. The molecular formula is C12H14F3N3OS. The molecule has 0 aromatic carbocycles. The SMILES string of the molecule is CCN1CCc2nc(N/C=C/C(=O)C(F)(F)F)sc2C1. The van der Waals surface area contributed by atoms with E-state index < -0.39 is 12.0 Å². The third-order valence-electron chi connectivity index (χ3n) is 2.98. The zero-order valence-corrected chi connectivity index (χ0v) is 11.6. The second-order valence-electron chi connectivity index (χ2n) is 4.35. The number of hydrogen-bond acceptors (Lipinski definition) is 5. The van der Waals surface area contributed by atoms with Crippen molar-refractivity contribution in [2.75, 3.05) is 18.4 Å². The molecule has 0 saturated carbocycles. The van der Waals surface area contributed by atoms with E-state index in [0.717, 1.165) is 42.8 Å². The molecular weight excluding hydrogens is 291 g/mol. The van der Waals surface area contributed by atoms with Crippen LogP contribution >= 0.6 is 11.3 Å². The summed E-state index contributed by atoms with van der Waals surface area (Å²) in [5, 5.41) is 3.14. The summed E-state index contributed by atoms with van der Waals surface area (Å²) in [5.41, 5.74) is 0.984. The van der Waals surface area contributed by atoms with Crippen molar-refractivity contribution in [2.24, 2.45) is 0 Å². The van der Waals surface area contributed by atoms with Crippen LogP contribution in [0.2, 0.25) is 0 Å². The molecule has 0 unspecified atom stereocenters. The van der Waals surface area contributed by atoms with Crippen LogP contribution in [0.25, 0.3) is 0 Å². The maximum atomic E-state index is 12.0. The van der Waals surface area contributed by atoms with E-state index >= 15 is 0 Å². The molecule has 0 amide bonds. The van der Waals surface area contributed by atoms with Crippen LogP contribution < -0.4 is 5.32 Å². The molecule has 8 heteroatoms. The lowest BCUT2D eigenvalue weighted by Crippen LogP contribution is -2.29. The van der Waals surface area contributed by atoms with E-state index in [2.05, 4.69) is 22.1 Å². The fourth-order valence-electron chi connectivity index (χ4n) is 1.86. The Hall–Kier alpha value is -1.41. The summed E-state index contributed by atoms with van der Waals surface area (Å²) >= 11 is 1.41. The molecule has 1 aliphatic heterocycles. The normalized spacial score (nSPS) is 16.4. The molecule has 0 saturated heterocycles. The molecule has 20 heavy (non-hydrogen) atoms. The Labute approximate surface area is 118 Å². The summed E-state index contributed by atoms with van der Waals surface area (Å²) in [7, 11) is 0. The lowest BCUT2D eigenvalue weighted by Gasteiger charge is -2.23. The number of hydrogen-bond donors (Lipinski definition) is 1. The highest BCUT2D eigenvalue weighted by molar-refractivity contribution is 7.15. The van der Waals surface area contributed by atoms with Gasteiger partial charge in [-0.3, -0.25) is 9.69 Å². The van der Waals surface area contributed by atoms with Gasteiger partial charge in [0.25, 0.3) is 5.78 Å². The molecule has 2 heterocycles. The minimum atomic E-state index is -4.83. The molecule has 0 fully saturated rings. The molecule has 1 aromatic rings. The van der Waals surface area contributed by atoms with Crippen molar-refractivity contribution in [3.8, 4) is 0 Å². The van der Waals surface area contributed by atoms with Gasteiger partial charge in [-0.05, 0) is 6.54 Å². The number of fused-ring (bicyclic) bond motifs is 1. The van der Waals surface area contributed by atoms with Gasteiger partial charge >= 0.3 is 6.18 Å². The quantitative estimate of drug-likeness (QED) is 0.869. The molecule has 1 aliphatic rings. The molecule has 0 atom stereocenters. The smallest absolute Gasteiger partial charge is 0.338 e. The maximum Gasteiger partial charge on any atom is 0.454 e. The van der Waals surface area contributed by atoms with Gasteiger partial charge in [0.05, 0.1) is 5.69 Å². The number of nitrogens with zero attached hydrogens (tertiary/aromatic N) is 2. The molecule has 1 N–H and O–H groups in total. The zero-order valence-electron chi connectivity index (χ0n) is 10.8. The van der Waals surface area contributed by atoms with Crippen LogP contribution in [0.5, 0.6) is 0 Å². The Balaban J connectivity index is 1.97. The summed E-state index contributed by atoms with van der Waals surface area (Å²) in [5.74, 6) is -1.89. The molecule has 4 nitrogen and oxygen atoms in total. The third kappa shape index (κ3) is 3.57. The first-order chi connectivity index (χ1) is 9.40. The number of thiazole rings is 1. The first-order valence-electron chi connectivity index (χ1n) is 6.15. The van der Waals surface area contributed by atoms with Gasteiger partial charge in [0.15, 0.2) is 5.13 Å². The van der Waals surface area contributed by atoms with E-state index in [1.165, 1.54) is 11.3 Å². The Bertz CT molecular complexity index is 525. The monoisotopic (exact) mass is 305 g/mol. The predicted molar refractivity (Wildman–Crippen MR) is 70.6 cm³/mol. The van der Waals surface area contributed by atoms with Crippen molar-refractivity contribution < 1.29 is 18.0 Å². The number of halogens is 3. The molecule has 0 bridgehead atoms. The second kappa shape index (κ2) is 5.92. The van der Waals surface area contributed by atoms with Gasteiger partial charge in [-0.15, -0.1) is 11.3 Å². The molecule has 110 valence electrons. The van der Waals surface area contributed by atoms with E-state index in [4.69, 9.17) is 0 Å². The van der Waals surface area contributed by atoms with Crippen LogP contribution in [0.1, 0.15) is 17.5 Å². The van der Waals surface area contributed by atoms with Crippen LogP contribution in [0.15, 0.2) is 12.3 Å². The zero-order chi connectivity index (χ0) is 14.8. The second-order valence-corrected chi connectivity index (χ2v) is 5.43. The van der Waals surface area contributed by atoms with Crippen LogP contribution in [0.3, 0.4) is 0 Å². The number of anilines is 1. The molecule has 0 spiro atoms. The number of aromatic nitrogens is 1. The van der Waals surface area contributed by atoms with E-state index in [0.29, 0.717) is 11.2 Å². The van der Waals surface area contributed by atoms with Crippen molar-refractivity contribution in [1.82, 2.24) is 9.88 Å². The molecule has 0 radical (unpaired) electrons. The number of nitrogens with one attached hydrogen (secondary N) is 1. The molecule has 2 rings (SSSR count). The minimum absolute atomic E-state index is 0.471. The number of rotatable bonds is 4. The van der Waals surface area contributed by atoms with Crippen LogP contribution in [0, 0.1) is 0 Å². The maximum absolute atomic E-state index is 12.0. The van der Waals surface area contributed by atoms with Crippen molar-refractivity contribution in [2.45, 2.75) is 26.1 Å². The van der Waals surface area contributed by atoms with Crippen LogP contribution in [-0.2, 0) is 17.8 Å². The van der Waals surface area contributed by atoms with Crippen LogP contribution in [-0.4, -0.2) is 34.9 Å². The van der Waals surface area contributed by atoms with Gasteiger partial charge in [-0.25, -0.2) is 4.98 Å². The number of carbonyl (C=O) groups is 1. The fourth-order valence-corrected chi connectivity index (χ4v) is 2.89. The molecule has 1 aromatic heterocycles. The van der Waals surface area contributed by atoms with E-state index in [1.807, 2.05) is 0 Å². The van der Waals surface area contributed by atoms with Crippen molar-refractivity contribution in [3.05, 3.63) is 22.8 Å². The summed E-state index contributed by atoms with van der Waals surface area (Å²) in [6.07, 6.45) is -2.54. The summed E-state index contributed by atoms with van der Waals surface area (Å²) < 4.78 is 36.0. The summed E-state index contributed by atoms with van der Waals surface area (Å²) in [4.78, 5) is 18.4. The van der Waals surface area contributed by atoms with Crippen LogP contribution in [0.4, 0.5) is 18.3 Å². The summed E-state index contributed by atoms with van der Waals surface area (Å²) in [6.45, 7) is 4.79. The number of allylic oxidation sites excluding steroid dienone is 1. The van der Waals surface area contributed by atoms with E-state index in [9.17, 15) is 18.0 Å². The number of likely N-dealkylation sites (N-methyl/N-ethyl adjacent to an activating group) is 1. The van der Waals surface area contributed by atoms with E-state index in [1.54, 1.807) is 0 Å². The fraction of sp³-hybridized carbons (Fsp3) is 0.500. The van der Waals surface area contributed by atoms with Gasteiger partial charge in [0, 0.05) is 36.7 Å². The third-order valence-corrected chi connectivity index (χ3v) is 3.99. The standard InChI is InChI=1S/C12H14F3N3OS/c1-2-18-6-4-8-9(7-18)20-11(17-8)16-5-3-10(19)12(13,14)15/h3,5H,2,4,6-7H2,1H3,(H,16,17)/b5-3+. The van der Waals surface area contributed by atoms with Crippen molar-refractivity contribution >= 4 is 22.3 Å². The Kier molecular flexibility index (Phi) is 4.44. The predicted octanol–water partition coefficient (Wildman–Crippen LogP) is 2.58. The van der Waals surface area contributed by atoms with Gasteiger partial charge in [0.1, 0.15) is 0 Å². The number of ketones is 1. The minimum Gasteiger partial charge on any atom is -0.338 e. The largest absolute Gasteiger partial charge is 0.454 e. The Morgan fingerprint density at radius 3 is 2.95 bits per heavy atom. The summed E-state index contributed by atoms with van der Waals surface area (Å²) in [6, 6.07) is 0. The topological polar surface area (TPSA) is 45.2 Å². The van der Waals surface area contributed by atoms with Gasteiger partial charge in [-0.2, -0.15) is 13.2 Å². The van der Waals surface area contributed by atoms with Crippen molar-refractivity contribution in [1.29, 1.82) is 0 Å². The van der Waals surface area contributed by atoms with Gasteiger partial charge < -0.3 is 5.32 Å². The highest BCUT2D eigenvalue weighted by Gasteiger charge is 2.36. The Morgan fingerprint density at radius 2 is 2.30 bits per heavy atom. The first kappa shape index (κ1) is 15.0. The number of alkyl halides is 3. The highest BCUT2D eigenvalue weighted by Crippen LogP contribution is 2.28. The average Bonchev–Trinajstić information content (AvgIpc) is 2.78. The number of carbonyl (C=O) groups excluding carboxylic acids is 1. The molecule has 0 aliphatic carbocycles. The highest BCUT2D eigenvalue weighted by atomic mass is 32.1. The van der Waals surface area contributed by atoms with Gasteiger partial charge in [-0.1, -0.05) is 6.92 Å². The lowest BCUT2D eigenvalue weighted by atomic mass is 10.2. The van der Waals surface area contributed by atoms with E-state index in [-0.39, 0.29) is 0 Å².